The standard InChI is InChI=1S/C11H14N2O/c12-8-9-4-1-2-5-10(9)11(13)6-3-7-14/h1-2,4-5,11,14H,3,6-7,13H2/t11-/m1/s1. The summed E-state index contributed by atoms with van der Waals surface area (Å²) in [6.45, 7) is 0.141. The van der Waals surface area contributed by atoms with Crippen LogP contribution in [0, 0.1) is 11.3 Å². The van der Waals surface area contributed by atoms with Gasteiger partial charge in [0.25, 0.3) is 0 Å². The lowest BCUT2D eigenvalue weighted by molar-refractivity contribution is 0.280. The van der Waals surface area contributed by atoms with E-state index >= 15 is 0 Å². The molecule has 3 N–H and O–H groups in total. The minimum absolute atomic E-state index is 0.141. The maximum atomic E-state index is 8.84. The van der Waals surface area contributed by atoms with Crippen LogP contribution in [0.3, 0.4) is 0 Å². The Hall–Kier alpha value is -1.37. The van der Waals surface area contributed by atoms with Gasteiger partial charge in [-0.15, -0.1) is 0 Å². The van der Waals surface area contributed by atoms with Crippen LogP contribution in [0.15, 0.2) is 24.3 Å². The molecule has 1 rings (SSSR count). The number of benzene rings is 1. The van der Waals surface area contributed by atoms with Crippen molar-refractivity contribution in [3.8, 4) is 6.07 Å². The predicted octanol–water partition coefficient (Wildman–Crippen LogP) is 1.33. The molecule has 1 atom stereocenters. The molecule has 0 aliphatic rings. The lowest BCUT2D eigenvalue weighted by Crippen LogP contribution is -2.12. The zero-order valence-corrected chi connectivity index (χ0v) is 7.98. The summed E-state index contributed by atoms with van der Waals surface area (Å²) >= 11 is 0. The van der Waals surface area contributed by atoms with Crippen molar-refractivity contribution in [3.05, 3.63) is 35.4 Å². The predicted molar refractivity (Wildman–Crippen MR) is 54.4 cm³/mol. The van der Waals surface area contributed by atoms with Crippen LogP contribution in [-0.4, -0.2) is 11.7 Å². The number of aliphatic hydroxyl groups is 1. The fourth-order valence-corrected chi connectivity index (χ4v) is 1.39. The van der Waals surface area contributed by atoms with E-state index in [1.54, 1.807) is 6.07 Å². The maximum Gasteiger partial charge on any atom is 0.0995 e. The summed E-state index contributed by atoms with van der Waals surface area (Å²) in [5.41, 5.74) is 7.38. The highest BCUT2D eigenvalue weighted by Crippen LogP contribution is 2.19. The van der Waals surface area contributed by atoms with Crippen LogP contribution >= 0.6 is 0 Å². The molecule has 0 bridgehead atoms. The van der Waals surface area contributed by atoms with E-state index in [-0.39, 0.29) is 12.6 Å². The minimum Gasteiger partial charge on any atom is -0.396 e. The number of nitriles is 1. The van der Waals surface area contributed by atoms with Crippen molar-refractivity contribution in [2.75, 3.05) is 6.61 Å². The second-order valence-electron chi connectivity index (χ2n) is 3.17. The monoisotopic (exact) mass is 190 g/mol. The molecule has 0 saturated carbocycles. The van der Waals surface area contributed by atoms with Crippen LogP contribution in [0.5, 0.6) is 0 Å². The van der Waals surface area contributed by atoms with Crippen LogP contribution in [0.4, 0.5) is 0 Å². The molecule has 74 valence electrons. The smallest absolute Gasteiger partial charge is 0.0995 e. The minimum atomic E-state index is -0.155. The fourth-order valence-electron chi connectivity index (χ4n) is 1.39. The Bertz CT molecular complexity index is 330. The third kappa shape index (κ3) is 2.56. The Morgan fingerprint density at radius 1 is 1.43 bits per heavy atom. The summed E-state index contributed by atoms with van der Waals surface area (Å²) in [4.78, 5) is 0. The molecule has 14 heavy (non-hydrogen) atoms. The van der Waals surface area contributed by atoms with Crippen LogP contribution in [-0.2, 0) is 0 Å². The molecule has 1 aromatic rings. The van der Waals surface area contributed by atoms with Crippen LogP contribution in [0.2, 0.25) is 0 Å². The van der Waals surface area contributed by atoms with E-state index in [2.05, 4.69) is 6.07 Å². The quantitative estimate of drug-likeness (QED) is 0.752. The average molecular weight is 190 g/mol. The zero-order valence-electron chi connectivity index (χ0n) is 7.98. The molecule has 0 aromatic heterocycles. The maximum absolute atomic E-state index is 8.84. The molecule has 0 fully saturated rings. The SMILES string of the molecule is N#Cc1ccccc1[C@H](N)CCCO. The summed E-state index contributed by atoms with van der Waals surface area (Å²) in [5, 5.41) is 17.5. The van der Waals surface area contributed by atoms with Gasteiger partial charge in [0.2, 0.25) is 0 Å². The van der Waals surface area contributed by atoms with Gasteiger partial charge in [0.1, 0.15) is 0 Å². The van der Waals surface area contributed by atoms with Crippen molar-refractivity contribution < 1.29 is 5.11 Å². The first kappa shape index (κ1) is 10.7. The first-order chi connectivity index (χ1) is 6.79. The molecule has 0 radical (unpaired) electrons. The number of nitrogens with two attached hydrogens (primary N) is 1. The Morgan fingerprint density at radius 2 is 2.14 bits per heavy atom. The summed E-state index contributed by atoms with van der Waals surface area (Å²) < 4.78 is 0. The lowest BCUT2D eigenvalue weighted by atomic mass is 9.98. The Balaban J connectivity index is 2.79. The van der Waals surface area contributed by atoms with E-state index in [0.717, 1.165) is 5.56 Å². The molecule has 0 aliphatic carbocycles. The number of hydrogen-bond acceptors (Lipinski definition) is 3. The molecular weight excluding hydrogens is 176 g/mol. The molecule has 1 aromatic carbocycles. The summed E-state index contributed by atoms with van der Waals surface area (Å²) in [7, 11) is 0. The summed E-state index contributed by atoms with van der Waals surface area (Å²) in [6.07, 6.45) is 1.37. The largest absolute Gasteiger partial charge is 0.396 e. The van der Waals surface area contributed by atoms with Crippen LogP contribution < -0.4 is 5.73 Å². The van der Waals surface area contributed by atoms with Crippen molar-refractivity contribution >= 4 is 0 Å². The molecule has 3 nitrogen and oxygen atoms in total. The molecule has 0 amide bonds. The first-order valence-electron chi connectivity index (χ1n) is 4.65. The third-order valence-electron chi connectivity index (χ3n) is 2.15. The fraction of sp³-hybridized carbons (Fsp3) is 0.364. The van der Waals surface area contributed by atoms with E-state index in [4.69, 9.17) is 16.1 Å². The Morgan fingerprint density at radius 3 is 2.79 bits per heavy atom. The number of aliphatic hydroxyl groups excluding tert-OH is 1. The molecule has 3 heteroatoms. The van der Waals surface area contributed by atoms with Crippen molar-refractivity contribution in [3.63, 3.8) is 0 Å². The number of rotatable bonds is 4. The van der Waals surface area contributed by atoms with Crippen molar-refractivity contribution in [2.24, 2.45) is 5.73 Å². The zero-order chi connectivity index (χ0) is 10.4. The van der Waals surface area contributed by atoms with Crippen molar-refractivity contribution in [1.82, 2.24) is 0 Å². The molecule has 0 saturated heterocycles. The highest BCUT2D eigenvalue weighted by Gasteiger charge is 2.09. The molecular formula is C11H14N2O. The van der Waals surface area contributed by atoms with E-state index < -0.39 is 0 Å². The number of hydrogen-bond donors (Lipinski definition) is 2. The molecule has 0 spiro atoms. The van der Waals surface area contributed by atoms with Gasteiger partial charge in [-0.05, 0) is 24.5 Å². The van der Waals surface area contributed by atoms with E-state index in [0.29, 0.717) is 18.4 Å². The number of nitrogens with zero attached hydrogens (tertiary/aromatic N) is 1. The first-order valence-corrected chi connectivity index (χ1v) is 4.65. The van der Waals surface area contributed by atoms with Gasteiger partial charge >= 0.3 is 0 Å². The van der Waals surface area contributed by atoms with Gasteiger partial charge in [0, 0.05) is 12.6 Å². The Kier molecular flexibility index (Phi) is 4.11. The van der Waals surface area contributed by atoms with Crippen molar-refractivity contribution in [2.45, 2.75) is 18.9 Å². The summed E-state index contributed by atoms with van der Waals surface area (Å²) in [6, 6.07) is 9.27. The van der Waals surface area contributed by atoms with Gasteiger partial charge < -0.3 is 10.8 Å². The van der Waals surface area contributed by atoms with Crippen molar-refractivity contribution in [1.29, 1.82) is 5.26 Å². The van der Waals surface area contributed by atoms with E-state index in [1.807, 2.05) is 18.2 Å². The van der Waals surface area contributed by atoms with Crippen LogP contribution in [0.25, 0.3) is 0 Å². The van der Waals surface area contributed by atoms with Gasteiger partial charge in [-0.3, -0.25) is 0 Å². The molecule has 0 unspecified atom stereocenters. The van der Waals surface area contributed by atoms with Gasteiger partial charge in [-0.1, -0.05) is 18.2 Å². The lowest BCUT2D eigenvalue weighted by Gasteiger charge is -2.12. The molecule has 0 heterocycles. The average Bonchev–Trinajstić information content (AvgIpc) is 2.25. The molecule has 0 aliphatic heterocycles. The summed E-state index contributed by atoms with van der Waals surface area (Å²) in [5.74, 6) is 0. The van der Waals surface area contributed by atoms with Gasteiger partial charge in [-0.2, -0.15) is 5.26 Å². The highest BCUT2D eigenvalue weighted by atomic mass is 16.2. The highest BCUT2D eigenvalue weighted by molar-refractivity contribution is 5.39. The second-order valence-corrected chi connectivity index (χ2v) is 3.17. The Labute approximate surface area is 83.8 Å². The van der Waals surface area contributed by atoms with Gasteiger partial charge in [-0.25, -0.2) is 0 Å². The van der Waals surface area contributed by atoms with Crippen LogP contribution in [0.1, 0.15) is 30.0 Å². The van der Waals surface area contributed by atoms with E-state index in [1.165, 1.54) is 0 Å². The third-order valence-corrected chi connectivity index (χ3v) is 2.15. The topological polar surface area (TPSA) is 70.0 Å². The normalized spacial score (nSPS) is 12.1. The van der Waals surface area contributed by atoms with E-state index in [9.17, 15) is 0 Å². The van der Waals surface area contributed by atoms with Gasteiger partial charge in [0.05, 0.1) is 11.6 Å². The van der Waals surface area contributed by atoms with Gasteiger partial charge in [0.15, 0.2) is 0 Å². The second kappa shape index (κ2) is 5.38.